The first-order chi connectivity index (χ1) is 8.76. The smallest absolute Gasteiger partial charge is 0.0957 e. The van der Waals surface area contributed by atoms with Crippen LogP contribution in [0.4, 0.5) is 5.69 Å². The largest absolute Gasteiger partial charge is 0.387 e. The van der Waals surface area contributed by atoms with E-state index in [-0.39, 0.29) is 0 Å². The highest BCUT2D eigenvalue weighted by atomic mass is 16.3. The van der Waals surface area contributed by atoms with E-state index in [1.165, 1.54) is 12.8 Å². The molecule has 1 aromatic rings. The molecule has 0 saturated heterocycles. The third-order valence-electron chi connectivity index (χ3n) is 3.28. The lowest BCUT2D eigenvalue weighted by Crippen LogP contribution is -2.26. The van der Waals surface area contributed by atoms with Gasteiger partial charge in [0.1, 0.15) is 0 Å². The lowest BCUT2D eigenvalue weighted by Gasteiger charge is -2.23. The van der Waals surface area contributed by atoms with Crippen molar-refractivity contribution < 1.29 is 5.11 Å². The van der Waals surface area contributed by atoms with Crippen LogP contribution in [0.1, 0.15) is 44.4 Å². The van der Waals surface area contributed by atoms with Crippen LogP contribution in [0.5, 0.6) is 0 Å². The summed E-state index contributed by atoms with van der Waals surface area (Å²) >= 11 is 0. The van der Waals surface area contributed by atoms with Gasteiger partial charge in [-0.25, -0.2) is 0 Å². The zero-order valence-corrected chi connectivity index (χ0v) is 10.7. The Balaban J connectivity index is 2.08. The maximum Gasteiger partial charge on any atom is 0.0957 e. The summed E-state index contributed by atoms with van der Waals surface area (Å²) < 4.78 is 0. The molecule has 1 atom stereocenters. The fraction of sp³-hybridized carbons (Fsp3) is 0.571. The lowest BCUT2D eigenvalue weighted by molar-refractivity contribution is 0.169. The number of aliphatic hydroxyl groups is 1. The summed E-state index contributed by atoms with van der Waals surface area (Å²) in [6.45, 7) is 2.70. The molecule has 0 bridgehead atoms. The quantitative estimate of drug-likeness (QED) is 0.836. The monoisotopic (exact) mass is 245 g/mol. The van der Waals surface area contributed by atoms with Crippen LogP contribution in [-0.4, -0.2) is 22.7 Å². The van der Waals surface area contributed by atoms with Gasteiger partial charge in [-0.05, 0) is 31.4 Å². The zero-order valence-electron chi connectivity index (χ0n) is 10.7. The van der Waals surface area contributed by atoms with E-state index in [1.54, 1.807) is 0 Å². The Bertz CT molecular complexity index is 420. The van der Waals surface area contributed by atoms with Crippen molar-refractivity contribution in [1.29, 1.82) is 5.26 Å². The molecular formula is C14H19N3O. The van der Waals surface area contributed by atoms with Crippen LogP contribution in [-0.2, 0) is 0 Å². The summed E-state index contributed by atoms with van der Waals surface area (Å²) in [5.41, 5.74) is 1.78. The van der Waals surface area contributed by atoms with E-state index >= 15 is 0 Å². The first-order valence-electron chi connectivity index (χ1n) is 6.54. The molecule has 1 fully saturated rings. The summed E-state index contributed by atoms with van der Waals surface area (Å²) in [4.78, 5) is 6.56. The van der Waals surface area contributed by atoms with Crippen molar-refractivity contribution in [2.24, 2.45) is 0 Å². The third-order valence-corrected chi connectivity index (χ3v) is 3.28. The number of aliphatic hydroxyl groups excluding tert-OH is 1. The van der Waals surface area contributed by atoms with Crippen molar-refractivity contribution in [2.75, 3.05) is 11.4 Å². The predicted molar refractivity (Wildman–Crippen MR) is 70.1 cm³/mol. The second-order valence-corrected chi connectivity index (χ2v) is 4.70. The fourth-order valence-corrected chi connectivity index (χ4v) is 2.05. The van der Waals surface area contributed by atoms with E-state index in [4.69, 9.17) is 5.26 Å². The number of aromatic nitrogens is 1. The summed E-state index contributed by atoms with van der Waals surface area (Å²) in [5.74, 6) is 0. The molecule has 18 heavy (non-hydrogen) atoms. The van der Waals surface area contributed by atoms with Crippen molar-refractivity contribution in [3.63, 3.8) is 0 Å². The minimum atomic E-state index is -0.479. The van der Waals surface area contributed by atoms with E-state index in [0.29, 0.717) is 18.9 Å². The number of anilines is 1. The molecule has 96 valence electrons. The molecule has 0 unspecified atom stereocenters. The maximum atomic E-state index is 9.70. The highest BCUT2D eigenvalue weighted by Crippen LogP contribution is 2.31. The topological polar surface area (TPSA) is 60.1 Å². The summed E-state index contributed by atoms with van der Waals surface area (Å²) in [6, 6.07) is 6.64. The van der Waals surface area contributed by atoms with Gasteiger partial charge in [0.15, 0.2) is 0 Å². The number of nitrogens with zero attached hydrogens (tertiary/aromatic N) is 3. The minimum absolute atomic E-state index is 0.479. The van der Waals surface area contributed by atoms with Crippen molar-refractivity contribution >= 4 is 5.69 Å². The van der Waals surface area contributed by atoms with E-state index in [2.05, 4.69) is 16.0 Å². The van der Waals surface area contributed by atoms with Crippen LogP contribution in [0.3, 0.4) is 0 Å². The van der Waals surface area contributed by atoms with Gasteiger partial charge in [0.05, 0.1) is 36.2 Å². The highest BCUT2D eigenvalue weighted by Gasteiger charge is 2.29. The Morgan fingerprint density at radius 3 is 2.83 bits per heavy atom. The average Bonchev–Trinajstić information content (AvgIpc) is 3.24. The lowest BCUT2D eigenvalue weighted by atomic mass is 10.2. The molecule has 0 radical (unpaired) electrons. The first kappa shape index (κ1) is 12.8. The van der Waals surface area contributed by atoms with Gasteiger partial charge < -0.3 is 10.0 Å². The predicted octanol–water partition coefficient (Wildman–Crippen LogP) is 2.41. The molecule has 0 aromatic carbocycles. The minimum Gasteiger partial charge on any atom is -0.387 e. The van der Waals surface area contributed by atoms with Crippen molar-refractivity contribution in [3.05, 3.63) is 24.0 Å². The molecule has 1 aliphatic carbocycles. The summed E-state index contributed by atoms with van der Waals surface area (Å²) in [5, 5.41) is 18.4. The van der Waals surface area contributed by atoms with E-state index < -0.39 is 6.10 Å². The number of nitriles is 1. The highest BCUT2D eigenvalue weighted by molar-refractivity contribution is 5.47. The van der Waals surface area contributed by atoms with Gasteiger partial charge >= 0.3 is 0 Å². The molecule has 1 heterocycles. The van der Waals surface area contributed by atoms with Crippen molar-refractivity contribution in [3.8, 4) is 6.07 Å². The van der Waals surface area contributed by atoms with Gasteiger partial charge in [0.2, 0.25) is 0 Å². The van der Waals surface area contributed by atoms with Gasteiger partial charge in [-0.3, -0.25) is 4.98 Å². The maximum absolute atomic E-state index is 9.70. The van der Waals surface area contributed by atoms with Crippen LogP contribution < -0.4 is 4.90 Å². The van der Waals surface area contributed by atoms with E-state index in [9.17, 15) is 5.11 Å². The second kappa shape index (κ2) is 5.83. The van der Waals surface area contributed by atoms with Crippen LogP contribution in [0.25, 0.3) is 0 Å². The van der Waals surface area contributed by atoms with Crippen LogP contribution in [0.2, 0.25) is 0 Å². The Kier molecular flexibility index (Phi) is 4.16. The van der Waals surface area contributed by atoms with Gasteiger partial charge in [-0.15, -0.1) is 0 Å². The number of hydrogen-bond donors (Lipinski definition) is 1. The van der Waals surface area contributed by atoms with Crippen molar-refractivity contribution in [2.45, 2.75) is 44.8 Å². The van der Waals surface area contributed by atoms with Gasteiger partial charge in [-0.1, -0.05) is 6.92 Å². The molecule has 4 nitrogen and oxygen atoms in total. The Morgan fingerprint density at radius 2 is 2.33 bits per heavy atom. The molecule has 0 amide bonds. The van der Waals surface area contributed by atoms with Crippen LogP contribution >= 0.6 is 0 Å². The molecule has 2 rings (SSSR count). The number of pyridine rings is 1. The van der Waals surface area contributed by atoms with Crippen LogP contribution in [0, 0.1) is 11.3 Å². The van der Waals surface area contributed by atoms with Gasteiger partial charge in [0.25, 0.3) is 0 Å². The Morgan fingerprint density at radius 1 is 1.56 bits per heavy atom. The van der Waals surface area contributed by atoms with Crippen LogP contribution in [0.15, 0.2) is 18.3 Å². The fourth-order valence-electron chi connectivity index (χ4n) is 2.05. The Labute approximate surface area is 108 Å². The first-order valence-corrected chi connectivity index (χ1v) is 6.54. The molecule has 1 aromatic heterocycles. The van der Waals surface area contributed by atoms with E-state index in [1.807, 2.05) is 25.3 Å². The average molecular weight is 245 g/mol. The van der Waals surface area contributed by atoms with Gasteiger partial charge in [0, 0.05) is 12.6 Å². The molecular weight excluding hydrogens is 226 g/mol. The third kappa shape index (κ3) is 2.99. The molecule has 1 aliphatic rings. The number of hydrogen-bond acceptors (Lipinski definition) is 4. The summed E-state index contributed by atoms with van der Waals surface area (Å²) in [6.07, 6.45) is 4.94. The molecule has 0 aliphatic heterocycles. The van der Waals surface area contributed by atoms with E-state index in [0.717, 1.165) is 17.9 Å². The zero-order chi connectivity index (χ0) is 13.0. The Hall–Kier alpha value is -1.60. The summed E-state index contributed by atoms with van der Waals surface area (Å²) in [7, 11) is 0. The number of rotatable bonds is 6. The second-order valence-electron chi connectivity index (χ2n) is 4.70. The molecule has 1 N–H and O–H groups in total. The molecule has 1 saturated carbocycles. The molecule has 4 heteroatoms. The SMILES string of the molecule is CC[C@@H](O)c1ccc(N(CCC#N)C2CC2)cn1. The normalized spacial score (nSPS) is 16.1. The molecule has 0 spiro atoms. The van der Waals surface area contributed by atoms with Crippen molar-refractivity contribution in [1.82, 2.24) is 4.98 Å². The van der Waals surface area contributed by atoms with Gasteiger partial charge in [-0.2, -0.15) is 5.26 Å². The standard InChI is InChI=1S/C14H19N3O/c1-2-14(18)13-7-6-12(10-16-13)17(9-3-8-15)11-4-5-11/h6-7,10-11,14,18H,2-5,9H2,1H3/t14-/m1/s1.